The second-order valence-corrected chi connectivity index (χ2v) is 16.9. The Balaban J connectivity index is 1.13. The van der Waals surface area contributed by atoms with E-state index in [1.165, 1.54) is 88.7 Å². The quantitative estimate of drug-likeness (QED) is 0.148. The normalized spacial score (nSPS) is 12.5. The Hall–Kier alpha value is -7.74. The van der Waals surface area contributed by atoms with Gasteiger partial charge in [-0.2, -0.15) is 0 Å². The molecule has 0 heterocycles. The summed E-state index contributed by atoms with van der Waals surface area (Å²) in [6.07, 6.45) is 0. The smallest absolute Gasteiger partial charge is 0.0546 e. The fraction of sp³-hybridized carbons (Fsp3) is 0.0492. The largest absolute Gasteiger partial charge is 0.310 e. The predicted molar refractivity (Wildman–Crippen MR) is 263 cm³/mol. The van der Waals surface area contributed by atoms with Gasteiger partial charge < -0.3 is 4.90 Å². The van der Waals surface area contributed by atoms with E-state index in [0.29, 0.717) is 0 Å². The van der Waals surface area contributed by atoms with Crippen molar-refractivity contribution in [3.8, 4) is 66.8 Å². The summed E-state index contributed by atoms with van der Waals surface area (Å²) in [6, 6.07) is 86.7. The maximum atomic E-state index is 2.47. The van der Waals surface area contributed by atoms with E-state index in [1.54, 1.807) is 0 Å². The van der Waals surface area contributed by atoms with Crippen LogP contribution in [0.1, 0.15) is 25.0 Å². The average molecular weight is 792 g/mol. The summed E-state index contributed by atoms with van der Waals surface area (Å²) in [5.74, 6) is 0. The second-order valence-electron chi connectivity index (χ2n) is 16.9. The molecule has 0 atom stereocenters. The summed E-state index contributed by atoms with van der Waals surface area (Å²) in [6.45, 7) is 4.74. The molecule has 1 nitrogen and oxygen atoms in total. The number of rotatable bonds is 8. The monoisotopic (exact) mass is 791 g/mol. The number of hydrogen-bond acceptors (Lipinski definition) is 1. The Morgan fingerprint density at radius 1 is 0.306 bits per heavy atom. The highest BCUT2D eigenvalue weighted by molar-refractivity contribution is 6.01. The van der Waals surface area contributed by atoms with Crippen LogP contribution < -0.4 is 4.90 Å². The molecule has 0 fully saturated rings. The number of fused-ring (bicyclic) bond motifs is 4. The van der Waals surface area contributed by atoms with Crippen molar-refractivity contribution in [1.29, 1.82) is 0 Å². The fourth-order valence-electron chi connectivity index (χ4n) is 9.94. The first kappa shape index (κ1) is 37.3. The van der Waals surface area contributed by atoms with Gasteiger partial charge in [0.2, 0.25) is 0 Å². The van der Waals surface area contributed by atoms with E-state index in [9.17, 15) is 0 Å². The molecule has 1 heteroatoms. The van der Waals surface area contributed by atoms with Gasteiger partial charge in [0, 0.05) is 22.4 Å². The van der Waals surface area contributed by atoms with Crippen molar-refractivity contribution in [2.75, 3.05) is 4.90 Å². The Bertz CT molecular complexity index is 3250. The zero-order valence-corrected chi connectivity index (χ0v) is 35.0. The van der Waals surface area contributed by atoms with E-state index in [-0.39, 0.29) is 5.41 Å². The summed E-state index contributed by atoms with van der Waals surface area (Å²) in [5.41, 5.74) is 20.6. The van der Waals surface area contributed by atoms with Gasteiger partial charge in [-0.1, -0.05) is 214 Å². The summed E-state index contributed by atoms with van der Waals surface area (Å²) < 4.78 is 0. The molecule has 0 bridgehead atoms. The number of benzene rings is 10. The Morgan fingerprint density at radius 2 is 0.823 bits per heavy atom. The molecule has 0 N–H and O–H groups in total. The van der Waals surface area contributed by atoms with Gasteiger partial charge in [-0.05, 0) is 119 Å². The molecule has 0 saturated heterocycles. The molecule has 10 aromatic carbocycles. The van der Waals surface area contributed by atoms with Gasteiger partial charge in [0.1, 0.15) is 0 Å². The molecule has 0 aliphatic heterocycles. The average Bonchev–Trinajstić information content (AvgIpc) is 3.58. The van der Waals surface area contributed by atoms with Gasteiger partial charge in [-0.3, -0.25) is 0 Å². The first-order valence-corrected chi connectivity index (χ1v) is 21.6. The number of hydrogen-bond donors (Lipinski definition) is 0. The van der Waals surface area contributed by atoms with Gasteiger partial charge in [0.25, 0.3) is 0 Å². The second kappa shape index (κ2) is 15.4. The maximum absolute atomic E-state index is 2.47. The molecule has 1 aliphatic rings. The first-order chi connectivity index (χ1) is 30.5. The zero-order chi connectivity index (χ0) is 41.6. The van der Waals surface area contributed by atoms with Crippen molar-refractivity contribution in [2.45, 2.75) is 19.3 Å². The van der Waals surface area contributed by atoms with Crippen molar-refractivity contribution >= 4 is 27.8 Å². The van der Waals surface area contributed by atoms with Crippen LogP contribution in [-0.2, 0) is 5.41 Å². The van der Waals surface area contributed by atoms with Crippen molar-refractivity contribution in [2.24, 2.45) is 0 Å². The van der Waals surface area contributed by atoms with Crippen LogP contribution in [0.25, 0.3) is 77.5 Å². The third kappa shape index (κ3) is 6.42. The van der Waals surface area contributed by atoms with Gasteiger partial charge in [-0.25, -0.2) is 0 Å². The summed E-state index contributed by atoms with van der Waals surface area (Å²) >= 11 is 0. The maximum Gasteiger partial charge on any atom is 0.0546 e. The molecule has 0 aromatic heterocycles. The minimum Gasteiger partial charge on any atom is -0.310 e. The minimum atomic E-state index is -0.116. The van der Waals surface area contributed by atoms with Gasteiger partial charge in [-0.15, -0.1) is 0 Å². The van der Waals surface area contributed by atoms with Crippen LogP contribution in [0.3, 0.4) is 0 Å². The fourth-order valence-corrected chi connectivity index (χ4v) is 9.94. The van der Waals surface area contributed by atoms with Gasteiger partial charge in [0.05, 0.1) is 5.69 Å². The highest BCUT2D eigenvalue weighted by Crippen LogP contribution is 2.53. The van der Waals surface area contributed by atoms with Crippen molar-refractivity contribution in [3.63, 3.8) is 0 Å². The van der Waals surface area contributed by atoms with E-state index in [4.69, 9.17) is 0 Å². The molecule has 0 unspecified atom stereocenters. The van der Waals surface area contributed by atoms with Crippen LogP contribution in [0, 0.1) is 0 Å². The third-order valence-electron chi connectivity index (χ3n) is 12.9. The van der Waals surface area contributed by atoms with E-state index >= 15 is 0 Å². The van der Waals surface area contributed by atoms with Crippen molar-refractivity contribution < 1.29 is 0 Å². The predicted octanol–water partition coefficient (Wildman–Crippen LogP) is 17.0. The Morgan fingerprint density at radius 3 is 1.60 bits per heavy atom. The highest BCUT2D eigenvalue weighted by Gasteiger charge is 2.37. The number of anilines is 3. The van der Waals surface area contributed by atoms with Crippen LogP contribution in [0.4, 0.5) is 17.1 Å². The standard InChI is InChI=1S/C61H45N/c1-61(2)57-32-14-13-27-54(57)56-31-16-30-53(60(56)61)45-36-38-49(39-37-45)62(50-25-15-24-47(41-50)48-35-34-42-18-9-10-23-46(42)40-48)58-33-17-29-52(44-21-7-4-8-22-44)59(58)55-28-12-11-26-51(55)43-19-5-3-6-20-43/h3-41H,1-2H3. The highest BCUT2D eigenvalue weighted by atomic mass is 15.1. The third-order valence-corrected chi connectivity index (χ3v) is 12.9. The van der Waals surface area contributed by atoms with Crippen LogP contribution in [0.2, 0.25) is 0 Å². The molecule has 0 spiro atoms. The van der Waals surface area contributed by atoms with Crippen molar-refractivity contribution in [3.05, 3.63) is 248 Å². The Labute approximate surface area is 364 Å². The lowest BCUT2D eigenvalue weighted by Gasteiger charge is -2.30. The van der Waals surface area contributed by atoms with Gasteiger partial charge >= 0.3 is 0 Å². The minimum absolute atomic E-state index is 0.116. The van der Waals surface area contributed by atoms with Crippen LogP contribution in [-0.4, -0.2) is 0 Å². The topological polar surface area (TPSA) is 3.24 Å². The lowest BCUT2D eigenvalue weighted by Crippen LogP contribution is -2.16. The first-order valence-electron chi connectivity index (χ1n) is 21.6. The van der Waals surface area contributed by atoms with E-state index in [0.717, 1.165) is 17.1 Å². The lowest BCUT2D eigenvalue weighted by molar-refractivity contribution is 0.662. The molecule has 0 amide bonds. The van der Waals surface area contributed by atoms with Crippen LogP contribution >= 0.6 is 0 Å². The molecule has 10 aromatic rings. The van der Waals surface area contributed by atoms with E-state index < -0.39 is 0 Å². The Kier molecular flexibility index (Phi) is 9.24. The molecular formula is C61H45N. The molecular weight excluding hydrogens is 747 g/mol. The van der Waals surface area contributed by atoms with E-state index in [2.05, 4.69) is 255 Å². The molecule has 62 heavy (non-hydrogen) atoms. The van der Waals surface area contributed by atoms with Crippen LogP contribution in [0.15, 0.2) is 237 Å². The van der Waals surface area contributed by atoms with E-state index in [1.807, 2.05) is 0 Å². The molecule has 0 radical (unpaired) electrons. The lowest BCUT2D eigenvalue weighted by atomic mass is 9.79. The molecule has 294 valence electrons. The van der Waals surface area contributed by atoms with Gasteiger partial charge in [0.15, 0.2) is 0 Å². The summed E-state index contributed by atoms with van der Waals surface area (Å²) in [4.78, 5) is 2.47. The summed E-state index contributed by atoms with van der Waals surface area (Å²) in [7, 11) is 0. The number of nitrogens with zero attached hydrogens (tertiary/aromatic N) is 1. The molecule has 0 saturated carbocycles. The zero-order valence-electron chi connectivity index (χ0n) is 35.0. The SMILES string of the molecule is CC1(C)c2ccccc2-c2cccc(-c3ccc(N(c4cccc(-c5ccc6ccccc6c5)c4)c4cccc(-c5ccccc5)c4-c4ccccc4-c4ccccc4)cc3)c21. The molecule has 1 aliphatic carbocycles. The molecule has 11 rings (SSSR count). The van der Waals surface area contributed by atoms with Crippen molar-refractivity contribution in [1.82, 2.24) is 0 Å². The summed E-state index contributed by atoms with van der Waals surface area (Å²) in [5, 5.41) is 2.47. The van der Waals surface area contributed by atoms with Crippen LogP contribution in [0.5, 0.6) is 0 Å².